The molecular weight excluding hydrogens is 269 g/mol. The number of alkyl halides is 3. The Morgan fingerprint density at radius 2 is 2.15 bits per heavy atom. The molecule has 3 nitrogen and oxygen atoms in total. The van der Waals surface area contributed by atoms with Gasteiger partial charge in [-0.05, 0) is 44.0 Å². The number of hydrogen-bond acceptors (Lipinski definition) is 2. The molecule has 1 atom stereocenters. The topological polar surface area (TPSA) is 41.1 Å². The highest BCUT2D eigenvalue weighted by atomic mass is 19.4. The zero-order chi connectivity index (χ0) is 14.8. The molecule has 110 valence electrons. The minimum atomic E-state index is -4.36. The van der Waals surface area contributed by atoms with Crippen LogP contribution in [0.2, 0.25) is 0 Å². The average Bonchev–Trinajstić information content (AvgIpc) is 2.88. The molecule has 1 aromatic rings. The van der Waals surface area contributed by atoms with Crippen LogP contribution in [-0.2, 0) is 17.5 Å². The van der Waals surface area contributed by atoms with E-state index in [0.29, 0.717) is 11.1 Å². The molecule has 1 aliphatic rings. The van der Waals surface area contributed by atoms with Crippen LogP contribution in [0.15, 0.2) is 18.2 Å². The lowest BCUT2D eigenvalue weighted by atomic mass is 10.1. The molecule has 1 aromatic carbocycles. The molecule has 0 saturated carbocycles. The SMILES string of the molecule is Cc1cc(CNC(=O)[C@@H]2CCCN2)cc(C(F)(F)F)c1. The smallest absolute Gasteiger partial charge is 0.351 e. The Bertz CT molecular complexity index is 494. The standard InChI is InChI=1S/C14H17F3N2O/c1-9-5-10(7-11(6-9)14(15,16)17)8-19-13(20)12-3-2-4-18-12/h5-7,12,18H,2-4,8H2,1H3,(H,19,20)/t12-/m0/s1. The van der Waals surface area contributed by atoms with E-state index >= 15 is 0 Å². The number of rotatable bonds is 3. The monoisotopic (exact) mass is 286 g/mol. The number of nitrogens with one attached hydrogen (secondary N) is 2. The third kappa shape index (κ3) is 3.72. The van der Waals surface area contributed by atoms with Crippen molar-refractivity contribution >= 4 is 5.91 Å². The first-order chi connectivity index (χ1) is 9.36. The molecule has 0 spiro atoms. The van der Waals surface area contributed by atoms with Crippen molar-refractivity contribution in [2.45, 2.75) is 38.5 Å². The molecule has 1 saturated heterocycles. The third-order valence-electron chi connectivity index (χ3n) is 3.31. The number of hydrogen-bond donors (Lipinski definition) is 2. The molecule has 0 aliphatic carbocycles. The summed E-state index contributed by atoms with van der Waals surface area (Å²) in [5.41, 5.74) is 0.312. The van der Waals surface area contributed by atoms with Gasteiger partial charge in [-0.1, -0.05) is 11.6 Å². The van der Waals surface area contributed by atoms with E-state index in [4.69, 9.17) is 0 Å². The fraction of sp³-hybridized carbons (Fsp3) is 0.500. The maximum Gasteiger partial charge on any atom is 0.416 e. The lowest BCUT2D eigenvalue weighted by molar-refractivity contribution is -0.137. The van der Waals surface area contributed by atoms with E-state index in [1.165, 1.54) is 0 Å². The largest absolute Gasteiger partial charge is 0.416 e. The minimum Gasteiger partial charge on any atom is -0.351 e. The maximum atomic E-state index is 12.7. The lowest BCUT2D eigenvalue weighted by Crippen LogP contribution is -2.40. The van der Waals surface area contributed by atoms with Crippen LogP contribution in [0.5, 0.6) is 0 Å². The summed E-state index contributed by atoms with van der Waals surface area (Å²) in [6, 6.07) is 3.61. The third-order valence-corrected chi connectivity index (χ3v) is 3.31. The summed E-state index contributed by atoms with van der Waals surface area (Å²) in [5.74, 6) is -0.155. The molecule has 1 heterocycles. The average molecular weight is 286 g/mol. The second kappa shape index (κ2) is 5.83. The fourth-order valence-corrected chi connectivity index (χ4v) is 2.35. The van der Waals surface area contributed by atoms with E-state index in [1.807, 2.05) is 0 Å². The maximum absolute atomic E-state index is 12.7. The first-order valence-electron chi connectivity index (χ1n) is 6.55. The Hall–Kier alpha value is -1.56. The fourth-order valence-electron chi connectivity index (χ4n) is 2.35. The number of carbonyl (C=O) groups is 1. The number of halogens is 3. The number of aryl methyl sites for hydroxylation is 1. The summed E-state index contributed by atoms with van der Waals surface area (Å²) in [7, 11) is 0. The molecule has 0 radical (unpaired) electrons. The summed E-state index contributed by atoms with van der Waals surface area (Å²) in [6.07, 6.45) is -2.65. The van der Waals surface area contributed by atoms with Gasteiger partial charge in [0.1, 0.15) is 0 Å². The molecule has 20 heavy (non-hydrogen) atoms. The number of benzene rings is 1. The first-order valence-corrected chi connectivity index (χ1v) is 6.55. The lowest BCUT2D eigenvalue weighted by Gasteiger charge is -2.13. The van der Waals surface area contributed by atoms with Gasteiger partial charge in [-0.15, -0.1) is 0 Å². The predicted octanol–water partition coefficient (Wildman–Crippen LogP) is 2.38. The van der Waals surface area contributed by atoms with Crippen LogP contribution in [-0.4, -0.2) is 18.5 Å². The van der Waals surface area contributed by atoms with Gasteiger partial charge in [-0.25, -0.2) is 0 Å². The van der Waals surface area contributed by atoms with Crippen molar-refractivity contribution in [2.24, 2.45) is 0 Å². The predicted molar refractivity (Wildman–Crippen MR) is 69.1 cm³/mol. The first kappa shape index (κ1) is 14.8. The quantitative estimate of drug-likeness (QED) is 0.895. The molecule has 1 fully saturated rings. The highest BCUT2D eigenvalue weighted by Crippen LogP contribution is 2.30. The van der Waals surface area contributed by atoms with E-state index in [2.05, 4.69) is 10.6 Å². The summed E-state index contributed by atoms with van der Waals surface area (Å²) in [4.78, 5) is 11.8. The van der Waals surface area contributed by atoms with E-state index < -0.39 is 11.7 Å². The van der Waals surface area contributed by atoms with Gasteiger partial charge in [-0.2, -0.15) is 13.2 Å². The summed E-state index contributed by atoms with van der Waals surface area (Å²) >= 11 is 0. The number of amides is 1. The van der Waals surface area contributed by atoms with Crippen molar-refractivity contribution in [2.75, 3.05) is 6.54 Å². The minimum absolute atomic E-state index is 0.113. The molecule has 2 rings (SSSR count). The van der Waals surface area contributed by atoms with Crippen molar-refractivity contribution in [3.8, 4) is 0 Å². The van der Waals surface area contributed by atoms with Crippen LogP contribution in [0.4, 0.5) is 13.2 Å². The van der Waals surface area contributed by atoms with Crippen LogP contribution in [0.1, 0.15) is 29.5 Å². The molecular formula is C14H17F3N2O. The molecule has 0 bridgehead atoms. The van der Waals surface area contributed by atoms with Gasteiger partial charge in [0.2, 0.25) is 5.91 Å². The van der Waals surface area contributed by atoms with Gasteiger partial charge >= 0.3 is 6.18 Å². The Morgan fingerprint density at radius 3 is 2.75 bits per heavy atom. The zero-order valence-electron chi connectivity index (χ0n) is 11.2. The summed E-state index contributed by atoms with van der Waals surface area (Å²) in [5, 5.41) is 5.73. The number of carbonyl (C=O) groups excluding carboxylic acids is 1. The summed E-state index contributed by atoms with van der Waals surface area (Å²) in [6.45, 7) is 2.53. The Labute approximate surface area is 115 Å². The van der Waals surface area contributed by atoms with Crippen molar-refractivity contribution in [1.82, 2.24) is 10.6 Å². The van der Waals surface area contributed by atoms with Crippen molar-refractivity contribution in [3.63, 3.8) is 0 Å². The van der Waals surface area contributed by atoms with E-state index in [-0.39, 0.29) is 18.5 Å². The van der Waals surface area contributed by atoms with Crippen LogP contribution >= 0.6 is 0 Å². The molecule has 1 aliphatic heterocycles. The van der Waals surface area contributed by atoms with Gasteiger partial charge in [-0.3, -0.25) is 4.79 Å². The molecule has 6 heteroatoms. The Kier molecular flexibility index (Phi) is 4.32. The second-order valence-corrected chi connectivity index (χ2v) is 5.07. The van der Waals surface area contributed by atoms with Crippen molar-refractivity contribution in [3.05, 3.63) is 34.9 Å². The Morgan fingerprint density at radius 1 is 1.40 bits per heavy atom. The van der Waals surface area contributed by atoms with E-state index in [0.717, 1.165) is 31.5 Å². The highest BCUT2D eigenvalue weighted by Gasteiger charge is 2.31. The van der Waals surface area contributed by atoms with E-state index in [9.17, 15) is 18.0 Å². The molecule has 0 aromatic heterocycles. The van der Waals surface area contributed by atoms with Crippen molar-refractivity contribution < 1.29 is 18.0 Å². The normalized spacial score (nSPS) is 19.1. The summed E-state index contributed by atoms with van der Waals surface area (Å²) < 4.78 is 38.1. The van der Waals surface area contributed by atoms with Crippen LogP contribution in [0.25, 0.3) is 0 Å². The van der Waals surface area contributed by atoms with Gasteiger partial charge in [0, 0.05) is 6.54 Å². The second-order valence-electron chi connectivity index (χ2n) is 5.07. The van der Waals surface area contributed by atoms with Gasteiger partial charge in [0.15, 0.2) is 0 Å². The van der Waals surface area contributed by atoms with Crippen LogP contribution in [0, 0.1) is 6.92 Å². The zero-order valence-corrected chi connectivity index (χ0v) is 11.2. The van der Waals surface area contributed by atoms with Crippen LogP contribution < -0.4 is 10.6 Å². The molecule has 2 N–H and O–H groups in total. The van der Waals surface area contributed by atoms with Gasteiger partial charge in [0.05, 0.1) is 11.6 Å². The van der Waals surface area contributed by atoms with Crippen molar-refractivity contribution in [1.29, 1.82) is 0 Å². The van der Waals surface area contributed by atoms with Gasteiger partial charge in [0.25, 0.3) is 0 Å². The molecule has 1 amide bonds. The Balaban J connectivity index is 2.02. The van der Waals surface area contributed by atoms with E-state index in [1.54, 1.807) is 13.0 Å². The van der Waals surface area contributed by atoms with Crippen LogP contribution in [0.3, 0.4) is 0 Å². The highest BCUT2D eigenvalue weighted by molar-refractivity contribution is 5.81. The van der Waals surface area contributed by atoms with Gasteiger partial charge < -0.3 is 10.6 Å². The molecule has 0 unspecified atom stereocenters.